The Bertz CT molecular complexity index is 1280. The lowest BCUT2D eigenvalue weighted by Crippen LogP contribution is -2.48. The lowest BCUT2D eigenvalue weighted by Gasteiger charge is -2.35. The molecule has 6 nitrogen and oxygen atoms in total. The minimum atomic E-state index is 0.148. The molecule has 0 atom stereocenters. The Hall–Kier alpha value is -3.93. The Morgan fingerprint density at radius 2 is 1.64 bits per heavy atom. The Kier molecular flexibility index (Phi) is 5.65. The topological polar surface area (TPSA) is 61.4 Å². The average Bonchev–Trinajstić information content (AvgIpc) is 2.85. The van der Waals surface area contributed by atoms with Gasteiger partial charge in [0, 0.05) is 61.6 Å². The van der Waals surface area contributed by atoms with Crippen LogP contribution >= 0.6 is 0 Å². The van der Waals surface area contributed by atoms with Gasteiger partial charge in [0.05, 0.1) is 5.52 Å². The third kappa shape index (κ3) is 4.37. The van der Waals surface area contributed by atoms with Gasteiger partial charge in [-0.1, -0.05) is 42.5 Å². The molecular weight excluding hydrogens is 410 g/mol. The first-order chi connectivity index (χ1) is 16.1. The first kappa shape index (κ1) is 20.9. The first-order valence-electron chi connectivity index (χ1n) is 11.3. The predicted molar refractivity (Wildman–Crippen MR) is 134 cm³/mol. The van der Waals surface area contributed by atoms with E-state index in [0.29, 0.717) is 5.95 Å². The molecular formula is C27H27N5O. The van der Waals surface area contributed by atoms with Crippen molar-refractivity contribution >= 4 is 34.1 Å². The number of amides is 1. The van der Waals surface area contributed by atoms with Crippen LogP contribution in [0.25, 0.3) is 22.0 Å². The van der Waals surface area contributed by atoms with Gasteiger partial charge in [-0.15, -0.1) is 0 Å². The van der Waals surface area contributed by atoms with Crippen molar-refractivity contribution in [2.45, 2.75) is 13.8 Å². The first-order valence-corrected chi connectivity index (χ1v) is 11.3. The Labute approximate surface area is 193 Å². The number of hydrogen-bond acceptors (Lipinski definition) is 5. The summed E-state index contributed by atoms with van der Waals surface area (Å²) < 4.78 is 0. The third-order valence-corrected chi connectivity index (χ3v) is 6.24. The molecule has 1 amide bonds. The molecule has 6 heteroatoms. The summed E-state index contributed by atoms with van der Waals surface area (Å²) in [5.74, 6) is 0.725. The fourth-order valence-corrected chi connectivity index (χ4v) is 4.39. The highest BCUT2D eigenvalue weighted by Crippen LogP contribution is 2.31. The van der Waals surface area contributed by atoms with Gasteiger partial charge < -0.3 is 15.1 Å². The van der Waals surface area contributed by atoms with Crippen LogP contribution in [0.4, 0.5) is 17.3 Å². The molecule has 5 rings (SSSR count). The normalized spacial score (nSPS) is 13.9. The molecule has 0 unspecified atom stereocenters. The zero-order valence-electron chi connectivity index (χ0n) is 19.0. The van der Waals surface area contributed by atoms with E-state index < -0.39 is 0 Å². The standard InChI is InChI=1S/C27H27N5O/c1-19-8-9-22-18-28-27(30-26(22)25(19)21-6-4-3-5-7-21)29-23-10-12-24(13-11-23)32-16-14-31(15-17-32)20(2)33/h3-13,18H,14-17H2,1-2H3,(H,28,29,30). The summed E-state index contributed by atoms with van der Waals surface area (Å²) in [6, 6.07) is 22.9. The van der Waals surface area contributed by atoms with Gasteiger partial charge in [0.25, 0.3) is 0 Å². The van der Waals surface area contributed by atoms with Crippen molar-refractivity contribution in [3.05, 3.63) is 78.5 Å². The van der Waals surface area contributed by atoms with E-state index in [4.69, 9.17) is 4.98 Å². The fraction of sp³-hybridized carbons (Fsp3) is 0.222. The Morgan fingerprint density at radius 1 is 0.909 bits per heavy atom. The van der Waals surface area contributed by atoms with Crippen LogP contribution in [0.5, 0.6) is 0 Å². The van der Waals surface area contributed by atoms with E-state index in [1.807, 2.05) is 17.2 Å². The summed E-state index contributed by atoms with van der Waals surface area (Å²) in [6.45, 7) is 6.98. The van der Waals surface area contributed by atoms with Gasteiger partial charge in [0.2, 0.25) is 11.9 Å². The number of nitrogens with zero attached hydrogens (tertiary/aromatic N) is 4. The second-order valence-corrected chi connectivity index (χ2v) is 8.42. The van der Waals surface area contributed by atoms with Crippen LogP contribution in [0.3, 0.4) is 0 Å². The SMILES string of the molecule is CC(=O)N1CCN(c2ccc(Nc3ncc4ccc(C)c(-c5ccccc5)c4n3)cc2)CC1. The van der Waals surface area contributed by atoms with Gasteiger partial charge in [0.15, 0.2) is 0 Å². The number of piperazine rings is 1. The predicted octanol–water partition coefficient (Wildman–Crippen LogP) is 5.02. The average molecular weight is 438 g/mol. The summed E-state index contributed by atoms with van der Waals surface area (Å²) in [4.78, 5) is 25.2. The number of hydrogen-bond donors (Lipinski definition) is 1. The molecule has 1 aromatic heterocycles. The van der Waals surface area contributed by atoms with Crippen LogP contribution in [0.1, 0.15) is 12.5 Å². The van der Waals surface area contributed by atoms with E-state index in [9.17, 15) is 4.79 Å². The molecule has 0 spiro atoms. The summed E-state index contributed by atoms with van der Waals surface area (Å²) in [6.07, 6.45) is 1.87. The zero-order valence-corrected chi connectivity index (χ0v) is 19.0. The summed E-state index contributed by atoms with van der Waals surface area (Å²) >= 11 is 0. The fourth-order valence-electron chi connectivity index (χ4n) is 4.39. The van der Waals surface area contributed by atoms with Gasteiger partial charge >= 0.3 is 0 Å². The minimum Gasteiger partial charge on any atom is -0.368 e. The van der Waals surface area contributed by atoms with E-state index in [1.165, 1.54) is 5.56 Å². The Morgan fingerprint density at radius 3 is 2.33 bits per heavy atom. The van der Waals surface area contributed by atoms with Crippen molar-refractivity contribution in [3.8, 4) is 11.1 Å². The molecule has 33 heavy (non-hydrogen) atoms. The molecule has 4 aromatic rings. The number of anilines is 3. The molecule has 1 fully saturated rings. The lowest BCUT2D eigenvalue weighted by atomic mass is 9.98. The maximum absolute atomic E-state index is 11.5. The van der Waals surface area contributed by atoms with E-state index in [1.54, 1.807) is 6.92 Å². The van der Waals surface area contributed by atoms with Crippen molar-refractivity contribution in [2.75, 3.05) is 36.4 Å². The van der Waals surface area contributed by atoms with Gasteiger partial charge in [0.1, 0.15) is 0 Å². The minimum absolute atomic E-state index is 0.148. The maximum atomic E-state index is 11.5. The molecule has 1 N–H and O–H groups in total. The highest BCUT2D eigenvalue weighted by atomic mass is 16.2. The van der Waals surface area contributed by atoms with Crippen LogP contribution < -0.4 is 10.2 Å². The third-order valence-electron chi connectivity index (χ3n) is 6.24. The number of fused-ring (bicyclic) bond motifs is 1. The number of aromatic nitrogens is 2. The molecule has 0 bridgehead atoms. The zero-order chi connectivity index (χ0) is 22.8. The highest BCUT2D eigenvalue weighted by Gasteiger charge is 2.18. The molecule has 0 aliphatic carbocycles. The van der Waals surface area contributed by atoms with Crippen molar-refractivity contribution in [3.63, 3.8) is 0 Å². The molecule has 0 radical (unpaired) electrons. The van der Waals surface area contributed by atoms with Crippen molar-refractivity contribution in [1.29, 1.82) is 0 Å². The van der Waals surface area contributed by atoms with Crippen molar-refractivity contribution in [2.24, 2.45) is 0 Å². The number of rotatable bonds is 4. The van der Waals surface area contributed by atoms with Gasteiger partial charge in [-0.05, 0) is 42.3 Å². The number of carbonyl (C=O) groups is 1. The van der Waals surface area contributed by atoms with Gasteiger partial charge in [-0.3, -0.25) is 4.79 Å². The van der Waals surface area contributed by atoms with Crippen LogP contribution in [-0.4, -0.2) is 47.0 Å². The largest absolute Gasteiger partial charge is 0.368 e. The molecule has 2 heterocycles. The summed E-state index contributed by atoms with van der Waals surface area (Å²) in [5.41, 5.74) is 6.52. The molecule has 3 aromatic carbocycles. The molecule has 166 valence electrons. The molecule has 1 saturated heterocycles. The molecule has 0 saturated carbocycles. The lowest BCUT2D eigenvalue weighted by molar-refractivity contribution is -0.129. The number of nitrogens with one attached hydrogen (secondary N) is 1. The number of aryl methyl sites for hydroxylation is 1. The van der Waals surface area contributed by atoms with Gasteiger partial charge in [-0.2, -0.15) is 0 Å². The summed E-state index contributed by atoms with van der Waals surface area (Å²) in [7, 11) is 0. The monoisotopic (exact) mass is 437 g/mol. The quantitative estimate of drug-likeness (QED) is 0.486. The number of carbonyl (C=O) groups excluding carboxylic acids is 1. The Balaban J connectivity index is 1.37. The van der Waals surface area contributed by atoms with E-state index in [0.717, 1.165) is 59.6 Å². The maximum Gasteiger partial charge on any atom is 0.227 e. The van der Waals surface area contributed by atoms with Crippen molar-refractivity contribution < 1.29 is 4.79 Å². The molecule has 1 aliphatic rings. The molecule has 1 aliphatic heterocycles. The van der Waals surface area contributed by atoms with Crippen LogP contribution in [0.2, 0.25) is 0 Å². The second kappa shape index (κ2) is 8.90. The van der Waals surface area contributed by atoms with Crippen LogP contribution in [0.15, 0.2) is 72.9 Å². The van der Waals surface area contributed by atoms with E-state index >= 15 is 0 Å². The second-order valence-electron chi connectivity index (χ2n) is 8.42. The van der Waals surface area contributed by atoms with Crippen LogP contribution in [0, 0.1) is 6.92 Å². The highest BCUT2D eigenvalue weighted by molar-refractivity contribution is 5.95. The smallest absolute Gasteiger partial charge is 0.227 e. The van der Waals surface area contributed by atoms with Gasteiger partial charge in [-0.25, -0.2) is 9.97 Å². The number of benzene rings is 3. The van der Waals surface area contributed by atoms with Crippen molar-refractivity contribution in [1.82, 2.24) is 14.9 Å². The summed E-state index contributed by atoms with van der Waals surface area (Å²) in [5, 5.41) is 4.37. The van der Waals surface area contributed by atoms with Crippen LogP contribution in [-0.2, 0) is 4.79 Å². The van der Waals surface area contributed by atoms with E-state index in [-0.39, 0.29) is 5.91 Å². The van der Waals surface area contributed by atoms with E-state index in [2.05, 4.69) is 82.8 Å².